The highest BCUT2D eigenvalue weighted by Crippen LogP contribution is 2.16. The van der Waals surface area contributed by atoms with Gasteiger partial charge < -0.3 is 19.9 Å². The molecule has 30 heavy (non-hydrogen) atoms. The van der Waals surface area contributed by atoms with Gasteiger partial charge in [0.2, 0.25) is 0 Å². The fourth-order valence-electron chi connectivity index (χ4n) is 2.57. The molecule has 11 heteroatoms. The Morgan fingerprint density at radius 2 is 1.83 bits per heavy atom. The second-order valence-electron chi connectivity index (χ2n) is 6.34. The van der Waals surface area contributed by atoms with Crippen LogP contribution in [0.5, 0.6) is 0 Å². The second-order valence-corrected chi connectivity index (χ2v) is 6.34. The molecule has 0 aliphatic rings. The molecule has 168 valence electrons. The molecule has 0 unspecified atom stereocenters. The first-order chi connectivity index (χ1) is 13.9. The molecule has 0 aliphatic carbocycles. The van der Waals surface area contributed by atoms with Crippen LogP contribution in [-0.4, -0.2) is 46.6 Å². The van der Waals surface area contributed by atoms with Gasteiger partial charge in [-0.25, -0.2) is 4.99 Å². The van der Waals surface area contributed by atoms with Crippen molar-refractivity contribution in [1.82, 2.24) is 25.4 Å². The predicted molar refractivity (Wildman–Crippen MR) is 120 cm³/mol. The van der Waals surface area contributed by atoms with E-state index in [0.717, 1.165) is 30.9 Å². The van der Waals surface area contributed by atoms with Crippen LogP contribution in [0.15, 0.2) is 35.6 Å². The van der Waals surface area contributed by atoms with E-state index in [1.807, 2.05) is 30.5 Å². The predicted octanol–water partition coefficient (Wildman–Crippen LogP) is 3.29. The number of aliphatic imine (C=N–C) groups is 1. The molecule has 2 aromatic rings. The second kappa shape index (κ2) is 13.4. The molecule has 0 bridgehead atoms. The quantitative estimate of drug-likeness (QED) is 0.275. The maximum absolute atomic E-state index is 12.1. The molecule has 2 rings (SSSR count). The number of hydrogen-bond acceptors (Lipinski definition) is 4. The minimum atomic E-state index is -4.31. The van der Waals surface area contributed by atoms with E-state index in [2.05, 4.69) is 30.6 Å². The number of nitrogens with one attached hydrogen (secondary N) is 2. The Morgan fingerprint density at radius 1 is 1.13 bits per heavy atom. The Bertz CT molecular complexity index is 764. The number of ether oxygens (including phenoxy) is 1. The number of alkyl halides is 3. The normalized spacial score (nSPS) is 11.8. The topological polar surface area (TPSA) is 76.4 Å². The summed E-state index contributed by atoms with van der Waals surface area (Å²) >= 11 is 0. The van der Waals surface area contributed by atoms with Crippen molar-refractivity contribution in [2.24, 2.45) is 4.99 Å². The molecular weight excluding hydrogens is 512 g/mol. The Kier molecular flexibility index (Phi) is 11.7. The summed E-state index contributed by atoms with van der Waals surface area (Å²) < 4.78 is 43.0. The van der Waals surface area contributed by atoms with Crippen LogP contribution in [0.4, 0.5) is 13.2 Å². The van der Waals surface area contributed by atoms with E-state index in [4.69, 9.17) is 0 Å². The average molecular weight is 540 g/mol. The molecule has 0 amide bonds. The maximum atomic E-state index is 12.1. The van der Waals surface area contributed by atoms with E-state index in [9.17, 15) is 13.2 Å². The molecular formula is C19H28F3IN6O. The summed E-state index contributed by atoms with van der Waals surface area (Å²) in [5.41, 5.74) is 1.64. The SMILES string of the molecule is CCNC(=NCc1ccc(COCC(F)(F)F)cc1)NCCn1cnnc1CC.I. The van der Waals surface area contributed by atoms with Gasteiger partial charge in [-0.15, -0.1) is 34.2 Å². The minimum absolute atomic E-state index is 0. The van der Waals surface area contributed by atoms with Crippen LogP contribution in [0.3, 0.4) is 0 Å². The average Bonchev–Trinajstić information content (AvgIpc) is 3.13. The van der Waals surface area contributed by atoms with Crippen LogP contribution in [0.25, 0.3) is 0 Å². The zero-order valence-corrected chi connectivity index (χ0v) is 19.4. The summed E-state index contributed by atoms with van der Waals surface area (Å²) in [7, 11) is 0. The van der Waals surface area contributed by atoms with Gasteiger partial charge in [0, 0.05) is 26.1 Å². The largest absolute Gasteiger partial charge is 0.411 e. The highest BCUT2D eigenvalue weighted by atomic mass is 127. The van der Waals surface area contributed by atoms with Crippen LogP contribution in [-0.2, 0) is 30.9 Å². The highest BCUT2D eigenvalue weighted by Gasteiger charge is 2.27. The van der Waals surface area contributed by atoms with E-state index in [0.29, 0.717) is 24.6 Å². The van der Waals surface area contributed by atoms with Crippen molar-refractivity contribution in [3.8, 4) is 0 Å². The summed E-state index contributed by atoms with van der Waals surface area (Å²) in [4.78, 5) is 4.54. The van der Waals surface area contributed by atoms with Crippen LogP contribution in [0.2, 0.25) is 0 Å². The van der Waals surface area contributed by atoms with Gasteiger partial charge in [0.1, 0.15) is 18.8 Å². The van der Waals surface area contributed by atoms with Gasteiger partial charge in [0.05, 0.1) is 13.2 Å². The summed E-state index contributed by atoms with van der Waals surface area (Å²) in [6.45, 7) is 5.29. The van der Waals surface area contributed by atoms with Gasteiger partial charge in [-0.05, 0) is 18.1 Å². The van der Waals surface area contributed by atoms with Gasteiger partial charge in [0.25, 0.3) is 0 Å². The zero-order valence-electron chi connectivity index (χ0n) is 17.1. The molecule has 0 saturated carbocycles. The molecule has 2 N–H and O–H groups in total. The van der Waals surface area contributed by atoms with E-state index in [1.165, 1.54) is 0 Å². The zero-order chi connectivity index (χ0) is 21.1. The molecule has 1 heterocycles. The van der Waals surface area contributed by atoms with E-state index < -0.39 is 12.8 Å². The third-order valence-corrected chi connectivity index (χ3v) is 3.98. The molecule has 1 aromatic heterocycles. The van der Waals surface area contributed by atoms with Crippen molar-refractivity contribution in [3.05, 3.63) is 47.5 Å². The Labute approximate surface area is 191 Å². The molecule has 0 saturated heterocycles. The van der Waals surface area contributed by atoms with Gasteiger partial charge in [-0.3, -0.25) is 0 Å². The van der Waals surface area contributed by atoms with Crippen LogP contribution in [0, 0.1) is 0 Å². The molecule has 0 spiro atoms. The van der Waals surface area contributed by atoms with Crippen molar-refractivity contribution in [2.75, 3.05) is 19.7 Å². The fraction of sp³-hybridized carbons (Fsp3) is 0.526. The highest BCUT2D eigenvalue weighted by molar-refractivity contribution is 14.0. The summed E-state index contributed by atoms with van der Waals surface area (Å²) in [6.07, 6.45) is -1.77. The molecule has 1 aromatic carbocycles. The van der Waals surface area contributed by atoms with Gasteiger partial charge in [-0.1, -0.05) is 31.2 Å². The first kappa shape index (κ1) is 26.1. The number of aromatic nitrogens is 3. The standard InChI is InChI=1S/C19H27F3N6O.HI/c1-3-17-27-26-14-28(17)10-9-24-18(23-4-2)25-11-15-5-7-16(8-6-15)12-29-13-19(20,21)22;/h5-8,14H,3-4,9-13H2,1-2H3,(H2,23,24,25);1H. The lowest BCUT2D eigenvalue weighted by atomic mass is 10.1. The molecule has 0 aliphatic heterocycles. The number of rotatable bonds is 10. The van der Waals surface area contributed by atoms with Crippen molar-refractivity contribution >= 4 is 29.9 Å². The fourth-order valence-corrected chi connectivity index (χ4v) is 2.57. The van der Waals surface area contributed by atoms with Crippen LogP contribution >= 0.6 is 24.0 Å². The molecule has 7 nitrogen and oxygen atoms in total. The van der Waals surface area contributed by atoms with Crippen molar-refractivity contribution in [2.45, 2.75) is 46.1 Å². The van der Waals surface area contributed by atoms with E-state index in [1.54, 1.807) is 18.5 Å². The Morgan fingerprint density at radius 3 is 2.47 bits per heavy atom. The van der Waals surface area contributed by atoms with Gasteiger partial charge in [0.15, 0.2) is 5.96 Å². The molecule has 0 fully saturated rings. The number of aryl methyl sites for hydroxylation is 1. The summed E-state index contributed by atoms with van der Waals surface area (Å²) in [5.74, 6) is 1.63. The number of nitrogens with zero attached hydrogens (tertiary/aromatic N) is 4. The maximum Gasteiger partial charge on any atom is 0.411 e. The monoisotopic (exact) mass is 540 g/mol. The first-order valence-electron chi connectivity index (χ1n) is 9.52. The van der Waals surface area contributed by atoms with Gasteiger partial charge in [-0.2, -0.15) is 13.2 Å². The minimum Gasteiger partial charge on any atom is -0.367 e. The van der Waals surface area contributed by atoms with E-state index >= 15 is 0 Å². The van der Waals surface area contributed by atoms with Crippen molar-refractivity contribution < 1.29 is 17.9 Å². The third kappa shape index (κ3) is 9.74. The van der Waals surface area contributed by atoms with Gasteiger partial charge >= 0.3 is 6.18 Å². The molecule has 0 radical (unpaired) electrons. The lowest BCUT2D eigenvalue weighted by molar-refractivity contribution is -0.176. The summed E-state index contributed by atoms with van der Waals surface area (Å²) in [6, 6.07) is 7.17. The number of hydrogen-bond donors (Lipinski definition) is 2. The number of guanidine groups is 1. The molecule has 0 atom stereocenters. The van der Waals surface area contributed by atoms with E-state index in [-0.39, 0.29) is 30.6 Å². The first-order valence-corrected chi connectivity index (χ1v) is 9.52. The Balaban J connectivity index is 0.00000450. The van der Waals surface area contributed by atoms with Crippen LogP contribution < -0.4 is 10.6 Å². The number of benzene rings is 1. The Hall–Kier alpha value is -1.89. The smallest absolute Gasteiger partial charge is 0.367 e. The van der Waals surface area contributed by atoms with Crippen molar-refractivity contribution in [1.29, 1.82) is 0 Å². The van der Waals surface area contributed by atoms with Crippen molar-refractivity contribution in [3.63, 3.8) is 0 Å². The van der Waals surface area contributed by atoms with Crippen LogP contribution in [0.1, 0.15) is 30.8 Å². The lowest BCUT2D eigenvalue weighted by Gasteiger charge is -2.12. The lowest BCUT2D eigenvalue weighted by Crippen LogP contribution is -2.38. The third-order valence-electron chi connectivity index (χ3n) is 3.98. The summed E-state index contributed by atoms with van der Waals surface area (Å²) in [5, 5.41) is 14.4. The number of halogens is 4.